The molecule has 0 aliphatic carbocycles. The number of hydrogen-bond donors (Lipinski definition) is 0. The summed E-state index contributed by atoms with van der Waals surface area (Å²) in [6, 6.07) is 0. The van der Waals surface area contributed by atoms with Gasteiger partial charge in [-0.3, -0.25) is 0 Å². The quantitative estimate of drug-likeness (QED) is 0.540. The molecule has 1 unspecified atom stereocenters. The SMILES string of the molecule is CCOC(CCN(C)CC(C)CC)OCC. The van der Waals surface area contributed by atoms with E-state index in [0.717, 1.165) is 38.6 Å². The lowest BCUT2D eigenvalue weighted by molar-refractivity contribution is -0.141. The van der Waals surface area contributed by atoms with Gasteiger partial charge >= 0.3 is 0 Å². The molecule has 0 aliphatic rings. The Morgan fingerprint density at radius 3 is 2.06 bits per heavy atom. The molecule has 0 aromatic rings. The van der Waals surface area contributed by atoms with E-state index in [1.807, 2.05) is 13.8 Å². The number of hydrogen-bond acceptors (Lipinski definition) is 3. The van der Waals surface area contributed by atoms with Gasteiger partial charge in [0.2, 0.25) is 0 Å². The molecule has 0 rings (SSSR count). The van der Waals surface area contributed by atoms with E-state index in [1.165, 1.54) is 6.42 Å². The van der Waals surface area contributed by atoms with E-state index in [2.05, 4.69) is 25.8 Å². The van der Waals surface area contributed by atoms with Gasteiger partial charge in [0.25, 0.3) is 0 Å². The highest BCUT2D eigenvalue weighted by Gasteiger charge is 2.10. The summed E-state index contributed by atoms with van der Waals surface area (Å²) in [6.07, 6.45) is 2.16. The van der Waals surface area contributed by atoms with Crippen molar-refractivity contribution < 1.29 is 9.47 Å². The minimum absolute atomic E-state index is 0.0330. The summed E-state index contributed by atoms with van der Waals surface area (Å²) in [7, 11) is 2.17. The van der Waals surface area contributed by atoms with Crippen molar-refractivity contribution in [3.8, 4) is 0 Å². The smallest absolute Gasteiger partial charge is 0.158 e. The highest BCUT2D eigenvalue weighted by Crippen LogP contribution is 2.06. The van der Waals surface area contributed by atoms with Gasteiger partial charge < -0.3 is 14.4 Å². The van der Waals surface area contributed by atoms with Crippen LogP contribution in [0.2, 0.25) is 0 Å². The molecule has 3 nitrogen and oxygen atoms in total. The first-order chi connectivity index (χ1) is 7.63. The van der Waals surface area contributed by atoms with Crippen LogP contribution in [-0.2, 0) is 9.47 Å². The lowest BCUT2D eigenvalue weighted by Gasteiger charge is -2.23. The maximum Gasteiger partial charge on any atom is 0.158 e. The van der Waals surface area contributed by atoms with Crippen molar-refractivity contribution in [3.05, 3.63) is 0 Å². The Morgan fingerprint density at radius 1 is 1.06 bits per heavy atom. The lowest BCUT2D eigenvalue weighted by atomic mass is 10.1. The molecule has 0 radical (unpaired) electrons. The van der Waals surface area contributed by atoms with Gasteiger partial charge in [-0.2, -0.15) is 0 Å². The van der Waals surface area contributed by atoms with Crippen LogP contribution in [0.3, 0.4) is 0 Å². The third-order valence-electron chi connectivity index (χ3n) is 2.77. The highest BCUT2D eigenvalue weighted by molar-refractivity contribution is 4.59. The minimum Gasteiger partial charge on any atom is -0.353 e. The summed E-state index contributed by atoms with van der Waals surface area (Å²) in [5.74, 6) is 0.766. The fourth-order valence-corrected chi connectivity index (χ4v) is 1.66. The normalized spacial score (nSPS) is 13.7. The van der Waals surface area contributed by atoms with E-state index < -0.39 is 0 Å². The second kappa shape index (κ2) is 10.1. The molecular weight excluding hydrogens is 202 g/mol. The maximum absolute atomic E-state index is 5.52. The van der Waals surface area contributed by atoms with E-state index in [4.69, 9.17) is 9.47 Å². The van der Waals surface area contributed by atoms with E-state index >= 15 is 0 Å². The highest BCUT2D eigenvalue weighted by atomic mass is 16.7. The Balaban J connectivity index is 3.72. The largest absolute Gasteiger partial charge is 0.353 e. The van der Waals surface area contributed by atoms with Crippen LogP contribution in [0.4, 0.5) is 0 Å². The summed E-state index contributed by atoms with van der Waals surface area (Å²) in [5.41, 5.74) is 0. The molecule has 0 saturated heterocycles. The molecule has 0 fully saturated rings. The molecule has 0 aromatic heterocycles. The molecular formula is C13H29NO2. The zero-order valence-corrected chi connectivity index (χ0v) is 11.7. The first-order valence-electron chi connectivity index (χ1n) is 6.55. The summed E-state index contributed by atoms with van der Waals surface area (Å²) in [6.45, 7) is 12.2. The minimum atomic E-state index is -0.0330. The van der Waals surface area contributed by atoms with Crippen LogP contribution in [0.1, 0.15) is 40.5 Å². The Bertz CT molecular complexity index is 147. The summed E-state index contributed by atoms with van der Waals surface area (Å²) in [5, 5.41) is 0. The van der Waals surface area contributed by atoms with Crippen molar-refractivity contribution in [2.24, 2.45) is 5.92 Å². The van der Waals surface area contributed by atoms with Crippen LogP contribution in [0.25, 0.3) is 0 Å². The van der Waals surface area contributed by atoms with Gasteiger partial charge in [-0.05, 0) is 26.8 Å². The maximum atomic E-state index is 5.52. The van der Waals surface area contributed by atoms with Crippen LogP contribution in [0.5, 0.6) is 0 Å². The fourth-order valence-electron chi connectivity index (χ4n) is 1.66. The van der Waals surface area contributed by atoms with Crippen LogP contribution in [0, 0.1) is 5.92 Å². The topological polar surface area (TPSA) is 21.7 Å². The Kier molecular flexibility index (Phi) is 9.99. The van der Waals surface area contributed by atoms with Crippen molar-refractivity contribution in [1.82, 2.24) is 4.90 Å². The van der Waals surface area contributed by atoms with Crippen LogP contribution < -0.4 is 0 Å². The predicted octanol–water partition coefficient (Wildman–Crippen LogP) is 2.75. The van der Waals surface area contributed by atoms with Gasteiger partial charge in [0, 0.05) is 32.7 Å². The van der Waals surface area contributed by atoms with E-state index in [1.54, 1.807) is 0 Å². The molecule has 0 aromatic carbocycles. The second-order valence-electron chi connectivity index (χ2n) is 4.40. The van der Waals surface area contributed by atoms with Gasteiger partial charge in [-0.15, -0.1) is 0 Å². The molecule has 16 heavy (non-hydrogen) atoms. The zero-order valence-electron chi connectivity index (χ0n) is 11.7. The number of nitrogens with zero attached hydrogens (tertiary/aromatic N) is 1. The standard InChI is InChI=1S/C13H29NO2/c1-6-12(4)11-14(5)10-9-13(15-7-2)16-8-3/h12-13H,6-11H2,1-5H3. The second-order valence-corrected chi connectivity index (χ2v) is 4.40. The lowest BCUT2D eigenvalue weighted by Crippen LogP contribution is -2.29. The molecule has 0 bridgehead atoms. The summed E-state index contributed by atoms with van der Waals surface area (Å²) in [4.78, 5) is 2.36. The first kappa shape index (κ1) is 15.9. The van der Waals surface area contributed by atoms with Gasteiger partial charge in [0.05, 0.1) is 0 Å². The van der Waals surface area contributed by atoms with Crippen molar-refractivity contribution in [3.63, 3.8) is 0 Å². The molecule has 0 saturated carbocycles. The molecule has 0 spiro atoms. The molecule has 1 atom stereocenters. The summed E-state index contributed by atoms with van der Waals surface area (Å²) >= 11 is 0. The Labute approximate surface area is 101 Å². The van der Waals surface area contributed by atoms with Gasteiger partial charge in [0.1, 0.15) is 0 Å². The molecule has 3 heteroatoms. The number of rotatable bonds is 10. The van der Waals surface area contributed by atoms with Crippen molar-refractivity contribution in [2.45, 2.75) is 46.8 Å². The number of ether oxygens (including phenoxy) is 2. The van der Waals surface area contributed by atoms with Gasteiger partial charge in [-0.25, -0.2) is 0 Å². The molecule has 0 amide bonds. The summed E-state index contributed by atoms with van der Waals surface area (Å²) < 4.78 is 11.0. The molecule has 98 valence electrons. The molecule has 0 N–H and O–H groups in total. The third kappa shape index (κ3) is 8.08. The molecule has 0 aliphatic heterocycles. The first-order valence-corrected chi connectivity index (χ1v) is 6.55. The van der Waals surface area contributed by atoms with Crippen molar-refractivity contribution >= 4 is 0 Å². The predicted molar refractivity (Wildman–Crippen MR) is 68.6 cm³/mol. The van der Waals surface area contributed by atoms with E-state index in [-0.39, 0.29) is 6.29 Å². The van der Waals surface area contributed by atoms with Gasteiger partial charge in [-0.1, -0.05) is 20.3 Å². The zero-order chi connectivity index (χ0) is 12.4. The van der Waals surface area contributed by atoms with Crippen molar-refractivity contribution in [1.29, 1.82) is 0 Å². The average molecular weight is 231 g/mol. The molecule has 0 heterocycles. The van der Waals surface area contributed by atoms with Crippen LogP contribution in [-0.4, -0.2) is 44.5 Å². The van der Waals surface area contributed by atoms with Crippen molar-refractivity contribution in [2.75, 3.05) is 33.4 Å². The Hall–Kier alpha value is -0.120. The van der Waals surface area contributed by atoms with E-state index in [0.29, 0.717) is 0 Å². The van der Waals surface area contributed by atoms with Gasteiger partial charge in [0.15, 0.2) is 6.29 Å². The van der Waals surface area contributed by atoms with E-state index in [9.17, 15) is 0 Å². The van der Waals surface area contributed by atoms with Crippen LogP contribution in [0.15, 0.2) is 0 Å². The van der Waals surface area contributed by atoms with Crippen LogP contribution >= 0.6 is 0 Å². The fraction of sp³-hybridized carbons (Fsp3) is 1.00. The average Bonchev–Trinajstić information content (AvgIpc) is 2.26. The monoisotopic (exact) mass is 231 g/mol. The Morgan fingerprint density at radius 2 is 1.62 bits per heavy atom. The third-order valence-corrected chi connectivity index (χ3v) is 2.77.